The largest absolute Gasteiger partial charge is 0.393 e. The van der Waals surface area contributed by atoms with E-state index in [1.54, 1.807) is 0 Å². The third-order valence-corrected chi connectivity index (χ3v) is 5.30. The number of anilines is 1. The summed E-state index contributed by atoms with van der Waals surface area (Å²) in [5, 5.41) is 34.6. The summed E-state index contributed by atoms with van der Waals surface area (Å²) in [5.74, 6) is -0.520. The molecule has 0 spiro atoms. The minimum Gasteiger partial charge on any atom is -0.393 e. The summed E-state index contributed by atoms with van der Waals surface area (Å²) in [4.78, 5) is 14.7. The van der Waals surface area contributed by atoms with E-state index >= 15 is 0 Å². The van der Waals surface area contributed by atoms with E-state index < -0.39 is 24.4 Å². The average Bonchev–Trinajstić information content (AvgIpc) is 2.77. The number of morpholine rings is 1. The van der Waals surface area contributed by atoms with Crippen LogP contribution in [-0.4, -0.2) is 85.5 Å². The summed E-state index contributed by atoms with van der Waals surface area (Å²) in [6.07, 6.45) is -0.201. The molecule has 1 aromatic carbocycles. The predicted molar refractivity (Wildman–Crippen MR) is 115 cm³/mol. The highest BCUT2D eigenvalue weighted by molar-refractivity contribution is 6.01. The number of rotatable bonds is 8. The van der Waals surface area contributed by atoms with Gasteiger partial charge in [0, 0.05) is 51.3 Å². The maximum atomic E-state index is 12.3. The monoisotopic (exact) mass is 430 g/mol. The maximum absolute atomic E-state index is 12.3. The van der Waals surface area contributed by atoms with Gasteiger partial charge in [-0.25, -0.2) is 0 Å². The van der Waals surface area contributed by atoms with E-state index in [-0.39, 0.29) is 18.5 Å². The molecule has 0 aromatic heterocycles. The molecule has 3 atom stereocenters. The van der Waals surface area contributed by atoms with Gasteiger partial charge in [0.25, 0.3) is 5.91 Å². The molecule has 2 aliphatic heterocycles. The summed E-state index contributed by atoms with van der Waals surface area (Å²) in [7, 11) is 0. The van der Waals surface area contributed by atoms with Crippen LogP contribution in [-0.2, 0) is 14.3 Å². The number of hydrogen-bond donors (Lipinski definition) is 4. The van der Waals surface area contributed by atoms with Gasteiger partial charge in [0.15, 0.2) is 6.29 Å². The van der Waals surface area contributed by atoms with E-state index in [9.17, 15) is 20.3 Å². The van der Waals surface area contributed by atoms with E-state index in [1.165, 1.54) is 6.08 Å². The number of aliphatic hydroxyl groups is 2. The van der Waals surface area contributed by atoms with Crippen molar-refractivity contribution in [2.45, 2.75) is 31.3 Å². The Labute approximate surface area is 182 Å². The summed E-state index contributed by atoms with van der Waals surface area (Å²) in [5.41, 5.74) is 1.69. The molecule has 9 nitrogen and oxygen atoms in total. The zero-order chi connectivity index (χ0) is 22.1. The first kappa shape index (κ1) is 23.2. The van der Waals surface area contributed by atoms with E-state index in [4.69, 9.17) is 9.47 Å². The van der Waals surface area contributed by atoms with Crippen molar-refractivity contribution in [2.75, 3.05) is 51.3 Å². The van der Waals surface area contributed by atoms with Crippen LogP contribution in [0.2, 0.25) is 0 Å². The SMILES string of the molecule is N#C/C(=C\c1ccc(NCCN2CCOCC2)cc1)C(=O)NCC1CC(O)CC(O)O1. The molecule has 2 aliphatic rings. The number of carbonyl (C=O) groups excluding carboxylic acids is 1. The van der Waals surface area contributed by atoms with Crippen molar-refractivity contribution in [1.29, 1.82) is 5.26 Å². The number of nitriles is 1. The molecule has 168 valence electrons. The van der Waals surface area contributed by atoms with Gasteiger partial charge in [0.1, 0.15) is 11.6 Å². The Hall–Kier alpha value is -2.48. The lowest BCUT2D eigenvalue weighted by molar-refractivity contribution is -0.187. The van der Waals surface area contributed by atoms with Gasteiger partial charge in [-0.3, -0.25) is 9.69 Å². The molecule has 9 heteroatoms. The van der Waals surface area contributed by atoms with Crippen LogP contribution in [0.15, 0.2) is 29.8 Å². The molecule has 0 bridgehead atoms. The van der Waals surface area contributed by atoms with Crippen LogP contribution < -0.4 is 10.6 Å². The average molecular weight is 431 g/mol. The van der Waals surface area contributed by atoms with Crippen LogP contribution in [0.1, 0.15) is 18.4 Å². The summed E-state index contributed by atoms with van der Waals surface area (Å²) < 4.78 is 10.6. The first-order valence-corrected chi connectivity index (χ1v) is 10.6. The van der Waals surface area contributed by atoms with Crippen molar-refractivity contribution in [3.8, 4) is 6.07 Å². The molecule has 0 saturated carbocycles. The smallest absolute Gasteiger partial charge is 0.262 e. The second-order valence-corrected chi connectivity index (χ2v) is 7.72. The van der Waals surface area contributed by atoms with E-state index in [2.05, 4.69) is 15.5 Å². The Bertz CT molecular complexity index is 776. The van der Waals surface area contributed by atoms with Gasteiger partial charge in [-0.15, -0.1) is 0 Å². The lowest BCUT2D eigenvalue weighted by Crippen LogP contribution is -2.42. The molecule has 1 aromatic rings. The first-order valence-electron chi connectivity index (χ1n) is 10.6. The molecule has 3 unspecified atom stereocenters. The third-order valence-electron chi connectivity index (χ3n) is 5.30. The number of aliphatic hydroxyl groups excluding tert-OH is 2. The topological polar surface area (TPSA) is 127 Å². The number of hydrogen-bond acceptors (Lipinski definition) is 8. The molecule has 0 radical (unpaired) electrons. The van der Waals surface area contributed by atoms with Crippen LogP contribution in [0.25, 0.3) is 6.08 Å². The Morgan fingerprint density at radius 2 is 1.97 bits per heavy atom. The van der Waals surface area contributed by atoms with Gasteiger partial charge in [-0.05, 0) is 23.8 Å². The number of carbonyl (C=O) groups is 1. The van der Waals surface area contributed by atoms with Gasteiger partial charge in [0.2, 0.25) is 0 Å². The number of benzene rings is 1. The van der Waals surface area contributed by atoms with E-state index in [0.717, 1.165) is 50.6 Å². The maximum Gasteiger partial charge on any atom is 0.262 e. The molecular formula is C22H30N4O5. The van der Waals surface area contributed by atoms with Gasteiger partial charge in [-0.2, -0.15) is 5.26 Å². The number of nitrogens with one attached hydrogen (secondary N) is 2. The van der Waals surface area contributed by atoms with E-state index in [1.807, 2.05) is 30.3 Å². The fourth-order valence-corrected chi connectivity index (χ4v) is 3.59. The Morgan fingerprint density at radius 1 is 1.23 bits per heavy atom. The minimum atomic E-state index is -1.04. The minimum absolute atomic E-state index is 0.0232. The molecule has 3 rings (SSSR count). The van der Waals surface area contributed by atoms with E-state index in [0.29, 0.717) is 6.42 Å². The zero-order valence-corrected chi connectivity index (χ0v) is 17.5. The molecule has 4 N–H and O–H groups in total. The molecule has 1 amide bonds. The standard InChI is InChI=1S/C22H30N4O5/c23-14-17(22(29)25-15-20-12-19(27)13-21(28)31-20)11-16-1-3-18(4-2-16)24-5-6-26-7-9-30-10-8-26/h1-4,11,19-21,24,27-28H,5-10,12-13,15H2,(H,25,29)/b17-11+. The molecule has 2 heterocycles. The van der Waals surface area contributed by atoms with Gasteiger partial charge in [0.05, 0.1) is 25.4 Å². The molecule has 31 heavy (non-hydrogen) atoms. The molecule has 2 fully saturated rings. The zero-order valence-electron chi connectivity index (χ0n) is 17.5. The van der Waals surface area contributed by atoms with Crippen molar-refractivity contribution < 1.29 is 24.5 Å². The fraction of sp³-hybridized carbons (Fsp3) is 0.545. The van der Waals surface area contributed by atoms with Crippen LogP contribution in [0.4, 0.5) is 5.69 Å². The number of ether oxygens (including phenoxy) is 2. The second kappa shape index (κ2) is 11.8. The first-order chi connectivity index (χ1) is 15.0. The summed E-state index contributed by atoms with van der Waals surface area (Å²) in [6, 6.07) is 9.44. The van der Waals surface area contributed by atoms with Crippen molar-refractivity contribution in [3.05, 3.63) is 35.4 Å². The van der Waals surface area contributed by atoms with Gasteiger partial charge >= 0.3 is 0 Å². The predicted octanol–water partition coefficient (Wildman–Crippen LogP) is 0.312. The molecule has 0 aliphatic carbocycles. The lowest BCUT2D eigenvalue weighted by atomic mass is 10.0. The summed E-state index contributed by atoms with van der Waals surface area (Å²) >= 11 is 0. The van der Waals surface area contributed by atoms with Crippen molar-refractivity contribution in [3.63, 3.8) is 0 Å². The third kappa shape index (κ3) is 7.61. The quantitative estimate of drug-likeness (QED) is 0.343. The van der Waals surface area contributed by atoms with Crippen LogP contribution in [0, 0.1) is 11.3 Å². The Balaban J connectivity index is 1.46. The van der Waals surface area contributed by atoms with Crippen LogP contribution in [0.5, 0.6) is 0 Å². The van der Waals surface area contributed by atoms with Crippen LogP contribution in [0.3, 0.4) is 0 Å². The lowest BCUT2D eigenvalue weighted by Gasteiger charge is -2.30. The highest BCUT2D eigenvalue weighted by Gasteiger charge is 2.27. The summed E-state index contributed by atoms with van der Waals surface area (Å²) in [6.45, 7) is 5.37. The van der Waals surface area contributed by atoms with Gasteiger partial charge < -0.3 is 30.3 Å². The van der Waals surface area contributed by atoms with Crippen molar-refractivity contribution in [2.24, 2.45) is 0 Å². The Kier molecular flexibility index (Phi) is 8.82. The highest BCUT2D eigenvalue weighted by Crippen LogP contribution is 2.18. The second-order valence-electron chi connectivity index (χ2n) is 7.72. The molecular weight excluding hydrogens is 400 g/mol. The number of nitrogens with zero attached hydrogens (tertiary/aromatic N) is 2. The van der Waals surface area contributed by atoms with Crippen molar-refractivity contribution >= 4 is 17.7 Å². The van der Waals surface area contributed by atoms with Crippen LogP contribution >= 0.6 is 0 Å². The molecule has 2 saturated heterocycles. The normalized spacial score (nSPS) is 24.9. The number of amides is 1. The highest BCUT2D eigenvalue weighted by atomic mass is 16.6. The van der Waals surface area contributed by atoms with Crippen molar-refractivity contribution in [1.82, 2.24) is 10.2 Å². The van der Waals surface area contributed by atoms with Gasteiger partial charge in [-0.1, -0.05) is 12.1 Å². The fourth-order valence-electron chi connectivity index (χ4n) is 3.59. The Morgan fingerprint density at radius 3 is 2.65 bits per heavy atom.